The minimum absolute atomic E-state index is 0.172. The van der Waals surface area contributed by atoms with E-state index in [1.807, 2.05) is 0 Å². The average molecular weight is 292 g/mol. The molecule has 0 aliphatic rings. The Morgan fingerprint density at radius 1 is 1.10 bits per heavy atom. The molecule has 4 heteroatoms. The van der Waals surface area contributed by atoms with Crippen molar-refractivity contribution >= 4 is 17.5 Å². The third-order valence-corrected chi connectivity index (χ3v) is 3.29. The van der Waals surface area contributed by atoms with Crippen molar-refractivity contribution in [2.24, 2.45) is 0 Å². The van der Waals surface area contributed by atoms with Crippen molar-refractivity contribution in [3.63, 3.8) is 0 Å². The molecule has 2 rings (SSSR count). The molecule has 2 nitrogen and oxygen atoms in total. The lowest BCUT2D eigenvalue weighted by atomic mass is 10.1. The highest BCUT2D eigenvalue weighted by atomic mass is 35.5. The van der Waals surface area contributed by atoms with E-state index < -0.39 is 0 Å². The average Bonchev–Trinajstić information content (AvgIpc) is 2.46. The van der Waals surface area contributed by atoms with Gasteiger partial charge in [0.25, 0.3) is 5.91 Å². The lowest BCUT2D eigenvalue weighted by molar-refractivity contribution is 0.0953. The fourth-order valence-electron chi connectivity index (χ4n) is 1.89. The van der Waals surface area contributed by atoms with Crippen LogP contribution in [0.25, 0.3) is 0 Å². The van der Waals surface area contributed by atoms with E-state index in [4.69, 9.17) is 11.6 Å². The van der Waals surface area contributed by atoms with Crippen LogP contribution in [0.1, 0.15) is 22.3 Å². The number of amides is 1. The lowest BCUT2D eigenvalue weighted by Crippen LogP contribution is -2.25. The van der Waals surface area contributed by atoms with Crippen LogP contribution in [0, 0.1) is 5.82 Å². The van der Waals surface area contributed by atoms with Gasteiger partial charge in [0.2, 0.25) is 0 Å². The monoisotopic (exact) mass is 291 g/mol. The van der Waals surface area contributed by atoms with Crippen LogP contribution >= 0.6 is 11.6 Å². The molecule has 2 aromatic rings. The zero-order chi connectivity index (χ0) is 14.4. The summed E-state index contributed by atoms with van der Waals surface area (Å²) >= 11 is 5.95. The Balaban J connectivity index is 1.77. The van der Waals surface area contributed by atoms with Crippen molar-refractivity contribution in [1.29, 1.82) is 0 Å². The predicted molar refractivity (Wildman–Crippen MR) is 78.5 cm³/mol. The smallest absolute Gasteiger partial charge is 0.252 e. The molecule has 0 saturated heterocycles. The van der Waals surface area contributed by atoms with Gasteiger partial charge >= 0.3 is 0 Å². The van der Waals surface area contributed by atoms with Crippen LogP contribution < -0.4 is 5.32 Å². The third kappa shape index (κ3) is 4.07. The Hall–Kier alpha value is -1.87. The van der Waals surface area contributed by atoms with Gasteiger partial charge in [-0.3, -0.25) is 4.79 Å². The highest BCUT2D eigenvalue weighted by molar-refractivity contribution is 6.33. The van der Waals surface area contributed by atoms with E-state index in [-0.39, 0.29) is 11.7 Å². The first-order valence-electron chi connectivity index (χ1n) is 6.44. The molecule has 0 aliphatic heterocycles. The van der Waals surface area contributed by atoms with Crippen LogP contribution in [0.15, 0.2) is 48.5 Å². The number of carbonyl (C=O) groups excluding carboxylic acids is 1. The zero-order valence-electron chi connectivity index (χ0n) is 10.9. The minimum Gasteiger partial charge on any atom is -0.352 e. The van der Waals surface area contributed by atoms with Crippen molar-refractivity contribution < 1.29 is 9.18 Å². The second kappa shape index (κ2) is 7.06. The Bertz CT molecular complexity index is 583. The van der Waals surface area contributed by atoms with E-state index in [0.717, 1.165) is 18.4 Å². The number of rotatable bonds is 5. The summed E-state index contributed by atoms with van der Waals surface area (Å²) in [7, 11) is 0. The van der Waals surface area contributed by atoms with Gasteiger partial charge in [-0.2, -0.15) is 0 Å². The first-order valence-corrected chi connectivity index (χ1v) is 6.82. The Labute approximate surface area is 122 Å². The number of carbonyl (C=O) groups is 1. The largest absolute Gasteiger partial charge is 0.352 e. The molecule has 0 aromatic heterocycles. The number of aryl methyl sites for hydroxylation is 1. The third-order valence-electron chi connectivity index (χ3n) is 2.96. The quantitative estimate of drug-likeness (QED) is 0.833. The van der Waals surface area contributed by atoms with Crippen LogP contribution in [0.5, 0.6) is 0 Å². The molecular weight excluding hydrogens is 277 g/mol. The van der Waals surface area contributed by atoms with Crippen molar-refractivity contribution in [2.45, 2.75) is 12.8 Å². The van der Waals surface area contributed by atoms with Gasteiger partial charge in [0.05, 0.1) is 10.6 Å². The van der Waals surface area contributed by atoms with Gasteiger partial charge in [-0.15, -0.1) is 0 Å². The predicted octanol–water partition coefficient (Wildman–Crippen LogP) is 3.84. The summed E-state index contributed by atoms with van der Waals surface area (Å²) in [6.45, 7) is 0.557. The van der Waals surface area contributed by atoms with Crippen LogP contribution in [-0.2, 0) is 6.42 Å². The van der Waals surface area contributed by atoms with Crippen molar-refractivity contribution in [1.82, 2.24) is 5.32 Å². The summed E-state index contributed by atoms with van der Waals surface area (Å²) in [5.41, 5.74) is 1.54. The number of hydrogen-bond acceptors (Lipinski definition) is 1. The highest BCUT2D eigenvalue weighted by Crippen LogP contribution is 2.14. The summed E-state index contributed by atoms with van der Waals surface area (Å²) in [4.78, 5) is 11.9. The van der Waals surface area contributed by atoms with E-state index in [0.29, 0.717) is 17.1 Å². The van der Waals surface area contributed by atoms with Crippen molar-refractivity contribution in [2.75, 3.05) is 6.54 Å². The van der Waals surface area contributed by atoms with Gasteiger partial charge in [-0.1, -0.05) is 35.9 Å². The summed E-state index contributed by atoms with van der Waals surface area (Å²) < 4.78 is 12.7. The van der Waals surface area contributed by atoms with E-state index in [2.05, 4.69) is 5.32 Å². The second-order valence-electron chi connectivity index (χ2n) is 4.47. The summed E-state index contributed by atoms with van der Waals surface area (Å²) in [5, 5.41) is 3.27. The molecule has 1 amide bonds. The van der Waals surface area contributed by atoms with Gasteiger partial charge in [0, 0.05) is 6.54 Å². The maximum absolute atomic E-state index is 12.7. The van der Waals surface area contributed by atoms with E-state index >= 15 is 0 Å². The fraction of sp³-hybridized carbons (Fsp3) is 0.188. The fourth-order valence-corrected chi connectivity index (χ4v) is 2.11. The Morgan fingerprint density at radius 2 is 1.80 bits per heavy atom. The number of halogens is 2. The molecule has 0 atom stereocenters. The number of benzene rings is 2. The van der Waals surface area contributed by atoms with Gasteiger partial charge in [0.15, 0.2) is 0 Å². The summed E-state index contributed by atoms with van der Waals surface area (Å²) in [6.07, 6.45) is 1.59. The molecule has 0 bridgehead atoms. The summed E-state index contributed by atoms with van der Waals surface area (Å²) in [5.74, 6) is -0.407. The van der Waals surface area contributed by atoms with Crippen LogP contribution in [0.4, 0.5) is 4.39 Å². The maximum Gasteiger partial charge on any atom is 0.252 e. The van der Waals surface area contributed by atoms with E-state index in [1.165, 1.54) is 12.1 Å². The first-order chi connectivity index (χ1) is 9.66. The molecule has 0 radical (unpaired) electrons. The molecule has 0 heterocycles. The van der Waals surface area contributed by atoms with Crippen molar-refractivity contribution in [3.8, 4) is 0 Å². The lowest BCUT2D eigenvalue weighted by Gasteiger charge is -2.06. The van der Waals surface area contributed by atoms with Crippen LogP contribution in [0.2, 0.25) is 5.02 Å². The normalized spacial score (nSPS) is 10.3. The van der Waals surface area contributed by atoms with Gasteiger partial charge in [-0.25, -0.2) is 4.39 Å². The second-order valence-corrected chi connectivity index (χ2v) is 4.87. The molecule has 0 fully saturated rings. The topological polar surface area (TPSA) is 29.1 Å². The van der Waals surface area contributed by atoms with E-state index in [1.54, 1.807) is 36.4 Å². The highest BCUT2D eigenvalue weighted by Gasteiger charge is 2.08. The molecule has 0 aliphatic carbocycles. The molecule has 0 spiro atoms. The van der Waals surface area contributed by atoms with Crippen LogP contribution in [0.3, 0.4) is 0 Å². The van der Waals surface area contributed by atoms with Gasteiger partial charge in [0.1, 0.15) is 5.82 Å². The molecule has 2 aromatic carbocycles. The molecule has 0 saturated carbocycles. The molecule has 20 heavy (non-hydrogen) atoms. The van der Waals surface area contributed by atoms with E-state index in [9.17, 15) is 9.18 Å². The van der Waals surface area contributed by atoms with Gasteiger partial charge < -0.3 is 5.32 Å². The number of hydrogen-bond donors (Lipinski definition) is 1. The molecule has 1 N–H and O–H groups in total. The summed E-state index contributed by atoms with van der Waals surface area (Å²) in [6, 6.07) is 13.3. The van der Waals surface area contributed by atoms with Crippen molar-refractivity contribution in [3.05, 3.63) is 70.5 Å². The zero-order valence-corrected chi connectivity index (χ0v) is 11.7. The standard InChI is InChI=1S/C16H15ClFNO/c17-15-6-2-1-5-14(15)16(20)19-11-3-4-12-7-9-13(18)10-8-12/h1-2,5-10H,3-4,11H2,(H,19,20). The maximum atomic E-state index is 12.7. The SMILES string of the molecule is O=C(NCCCc1ccc(F)cc1)c1ccccc1Cl. The van der Waals surface area contributed by atoms with Gasteiger partial charge in [-0.05, 0) is 42.7 Å². The molecular formula is C16H15ClFNO. The van der Waals surface area contributed by atoms with Crippen LogP contribution in [-0.4, -0.2) is 12.5 Å². The number of nitrogens with one attached hydrogen (secondary N) is 1. The Morgan fingerprint density at radius 3 is 2.50 bits per heavy atom. The first kappa shape index (κ1) is 14.5. The molecule has 0 unspecified atom stereocenters. The Kier molecular flexibility index (Phi) is 5.13. The molecule has 104 valence electrons. The minimum atomic E-state index is -0.235.